The molecule has 0 bridgehead atoms. The molecule has 0 aromatic heterocycles. The molecule has 0 N–H and O–H groups in total. The third kappa shape index (κ3) is 2.11. The van der Waals surface area contributed by atoms with Crippen molar-refractivity contribution in [3.05, 3.63) is 41.5 Å². The van der Waals surface area contributed by atoms with E-state index < -0.39 is 0 Å². The zero-order valence-electron chi connectivity index (χ0n) is 10.5. The summed E-state index contributed by atoms with van der Waals surface area (Å²) < 4.78 is 10.8. The van der Waals surface area contributed by atoms with Gasteiger partial charge in [-0.2, -0.15) is 0 Å². The number of hydrogen-bond donors (Lipinski definition) is 0. The van der Waals surface area contributed by atoms with Crippen LogP contribution in [-0.4, -0.2) is 25.4 Å². The van der Waals surface area contributed by atoms with E-state index in [0.717, 1.165) is 19.6 Å². The molecule has 3 atom stereocenters. The van der Waals surface area contributed by atoms with E-state index in [2.05, 4.69) is 30.3 Å². The largest absolute Gasteiger partial charge is 0.373 e. The third-order valence-corrected chi connectivity index (χ3v) is 4.20. The van der Waals surface area contributed by atoms with E-state index in [-0.39, 0.29) is 0 Å². The minimum atomic E-state index is 0.479. The quantitative estimate of drug-likeness (QED) is 0.758. The van der Waals surface area contributed by atoms with Crippen molar-refractivity contribution in [2.75, 3.05) is 13.2 Å². The van der Waals surface area contributed by atoms with Crippen molar-refractivity contribution in [2.45, 2.75) is 37.4 Å². The summed E-state index contributed by atoms with van der Waals surface area (Å²) in [5.41, 5.74) is 4.46. The van der Waals surface area contributed by atoms with E-state index in [4.69, 9.17) is 9.47 Å². The summed E-state index contributed by atoms with van der Waals surface area (Å²) in [6.07, 6.45) is 6.86. The first-order valence-electron chi connectivity index (χ1n) is 6.91. The number of allylic oxidation sites excluding steroid dienone is 1. The first-order valence-corrected chi connectivity index (χ1v) is 6.91. The van der Waals surface area contributed by atoms with Crippen LogP contribution in [0.15, 0.2) is 30.3 Å². The minimum Gasteiger partial charge on any atom is -0.373 e. The Hall–Kier alpha value is -1.12. The molecule has 2 heterocycles. The van der Waals surface area contributed by atoms with Gasteiger partial charge in [0.1, 0.15) is 0 Å². The van der Waals surface area contributed by atoms with E-state index in [0.29, 0.717) is 18.1 Å². The second-order valence-electron chi connectivity index (χ2n) is 5.60. The highest BCUT2D eigenvalue weighted by molar-refractivity contribution is 5.71. The van der Waals surface area contributed by atoms with E-state index >= 15 is 0 Å². The van der Waals surface area contributed by atoms with Crippen molar-refractivity contribution in [1.29, 1.82) is 0 Å². The fourth-order valence-corrected chi connectivity index (χ4v) is 3.04. The van der Waals surface area contributed by atoms with Crippen LogP contribution in [0.25, 0.3) is 5.57 Å². The molecule has 2 fully saturated rings. The van der Waals surface area contributed by atoms with Crippen molar-refractivity contribution in [3.63, 3.8) is 0 Å². The molecule has 0 amide bonds. The molecule has 94 valence electrons. The van der Waals surface area contributed by atoms with Crippen LogP contribution in [0.4, 0.5) is 0 Å². The fraction of sp³-hybridized carbons (Fsp3) is 0.500. The third-order valence-electron chi connectivity index (χ3n) is 4.20. The Morgan fingerprint density at radius 1 is 1.06 bits per heavy atom. The average Bonchev–Trinajstić information content (AvgIpc) is 3.27. The average molecular weight is 242 g/mol. The monoisotopic (exact) mass is 242 g/mol. The standard InChI is InChI=1S/C16H18O2/c1-2-4-16-12(8-14-10-18-14)6-5-11(15(16)3-1)7-13-9-17-13/h1-5,12-14H,6-10H2. The number of fused-ring (bicyclic) bond motifs is 1. The van der Waals surface area contributed by atoms with Gasteiger partial charge in [-0.1, -0.05) is 30.3 Å². The van der Waals surface area contributed by atoms with Crippen LogP contribution in [-0.2, 0) is 9.47 Å². The molecule has 1 aromatic rings. The molecule has 2 aliphatic heterocycles. The predicted octanol–water partition coefficient (Wildman–Crippen LogP) is 3.14. The molecule has 2 saturated heterocycles. The summed E-state index contributed by atoms with van der Waals surface area (Å²) >= 11 is 0. The van der Waals surface area contributed by atoms with E-state index in [1.54, 1.807) is 0 Å². The fourth-order valence-electron chi connectivity index (χ4n) is 3.04. The van der Waals surface area contributed by atoms with Crippen LogP contribution in [0.5, 0.6) is 0 Å². The summed E-state index contributed by atoms with van der Waals surface area (Å²) in [7, 11) is 0. The second kappa shape index (κ2) is 4.22. The van der Waals surface area contributed by atoms with Gasteiger partial charge in [0.2, 0.25) is 0 Å². The van der Waals surface area contributed by atoms with Gasteiger partial charge in [-0.05, 0) is 35.5 Å². The van der Waals surface area contributed by atoms with Gasteiger partial charge in [0, 0.05) is 6.42 Å². The topological polar surface area (TPSA) is 25.1 Å². The van der Waals surface area contributed by atoms with Crippen molar-refractivity contribution in [1.82, 2.24) is 0 Å². The second-order valence-corrected chi connectivity index (χ2v) is 5.60. The Labute approximate surface area is 108 Å². The maximum absolute atomic E-state index is 5.39. The van der Waals surface area contributed by atoms with Gasteiger partial charge in [-0.15, -0.1) is 0 Å². The number of hydrogen-bond acceptors (Lipinski definition) is 2. The van der Waals surface area contributed by atoms with Crippen LogP contribution < -0.4 is 0 Å². The Kier molecular flexibility index (Phi) is 2.52. The Balaban J connectivity index is 1.62. The Morgan fingerprint density at radius 3 is 2.61 bits per heavy atom. The van der Waals surface area contributed by atoms with Gasteiger partial charge < -0.3 is 9.47 Å². The number of epoxide rings is 2. The number of rotatable bonds is 4. The highest BCUT2D eigenvalue weighted by Gasteiger charge is 2.31. The summed E-state index contributed by atoms with van der Waals surface area (Å²) in [6, 6.07) is 8.87. The summed E-state index contributed by atoms with van der Waals surface area (Å²) in [5, 5.41) is 0. The smallest absolute Gasteiger partial charge is 0.0850 e. The summed E-state index contributed by atoms with van der Waals surface area (Å²) in [5.74, 6) is 0.651. The molecular weight excluding hydrogens is 224 g/mol. The Bertz CT molecular complexity index is 484. The summed E-state index contributed by atoms with van der Waals surface area (Å²) in [6.45, 7) is 1.91. The molecule has 3 aliphatic rings. The van der Waals surface area contributed by atoms with Gasteiger partial charge in [0.15, 0.2) is 0 Å². The SMILES string of the molecule is C1=C(CC2CO2)c2ccccc2C(CC2CO2)C1. The highest BCUT2D eigenvalue weighted by Crippen LogP contribution is 2.41. The van der Waals surface area contributed by atoms with Crippen molar-refractivity contribution >= 4 is 5.57 Å². The van der Waals surface area contributed by atoms with Crippen LogP contribution in [0.3, 0.4) is 0 Å². The molecule has 0 saturated carbocycles. The van der Waals surface area contributed by atoms with Crippen molar-refractivity contribution in [2.24, 2.45) is 0 Å². The molecule has 3 unspecified atom stereocenters. The lowest BCUT2D eigenvalue weighted by Gasteiger charge is -2.25. The minimum absolute atomic E-state index is 0.479. The van der Waals surface area contributed by atoms with E-state index in [9.17, 15) is 0 Å². The highest BCUT2D eigenvalue weighted by atomic mass is 16.6. The van der Waals surface area contributed by atoms with Crippen molar-refractivity contribution < 1.29 is 9.47 Å². The van der Waals surface area contributed by atoms with E-state index in [1.165, 1.54) is 29.5 Å². The van der Waals surface area contributed by atoms with Crippen LogP contribution in [0, 0.1) is 0 Å². The number of ether oxygens (including phenoxy) is 2. The predicted molar refractivity (Wildman–Crippen MR) is 70.5 cm³/mol. The number of benzene rings is 1. The zero-order chi connectivity index (χ0) is 11.9. The first kappa shape index (κ1) is 10.8. The molecule has 0 spiro atoms. The molecule has 1 aliphatic carbocycles. The van der Waals surface area contributed by atoms with E-state index in [1.807, 2.05) is 0 Å². The van der Waals surface area contributed by atoms with Gasteiger partial charge in [0.05, 0.1) is 25.4 Å². The first-order chi connectivity index (χ1) is 8.90. The van der Waals surface area contributed by atoms with Crippen LogP contribution in [0.2, 0.25) is 0 Å². The van der Waals surface area contributed by atoms with Crippen molar-refractivity contribution in [3.8, 4) is 0 Å². The molecule has 2 heteroatoms. The molecule has 1 aromatic carbocycles. The molecule has 0 radical (unpaired) electrons. The maximum Gasteiger partial charge on any atom is 0.0850 e. The van der Waals surface area contributed by atoms with Crippen LogP contribution in [0.1, 0.15) is 36.3 Å². The molecular formula is C16H18O2. The lowest BCUT2D eigenvalue weighted by molar-refractivity contribution is 0.379. The van der Waals surface area contributed by atoms with Gasteiger partial charge >= 0.3 is 0 Å². The van der Waals surface area contributed by atoms with Gasteiger partial charge in [0.25, 0.3) is 0 Å². The van der Waals surface area contributed by atoms with Gasteiger partial charge in [-0.3, -0.25) is 0 Å². The normalized spacial score (nSPS) is 32.7. The zero-order valence-corrected chi connectivity index (χ0v) is 10.5. The maximum atomic E-state index is 5.39. The molecule has 4 rings (SSSR count). The molecule has 2 nitrogen and oxygen atoms in total. The van der Waals surface area contributed by atoms with Crippen LogP contribution >= 0.6 is 0 Å². The lowest BCUT2D eigenvalue weighted by atomic mass is 9.79. The summed E-state index contributed by atoms with van der Waals surface area (Å²) in [4.78, 5) is 0. The lowest BCUT2D eigenvalue weighted by Crippen LogP contribution is -2.10. The van der Waals surface area contributed by atoms with Gasteiger partial charge in [-0.25, -0.2) is 0 Å². The molecule has 18 heavy (non-hydrogen) atoms. The Morgan fingerprint density at radius 2 is 1.83 bits per heavy atom.